The molecule has 2 aromatic carbocycles. The molecule has 1 N–H and O–H groups in total. The van der Waals surface area contributed by atoms with Gasteiger partial charge < -0.3 is 28.8 Å². The fourth-order valence-electron chi connectivity index (χ4n) is 3.95. The molecule has 1 atom stereocenters. The topological polar surface area (TPSA) is 90.2 Å². The minimum atomic E-state index is -0.909. The highest BCUT2D eigenvalue weighted by molar-refractivity contribution is 5.98. The second-order valence-electron chi connectivity index (χ2n) is 8.96. The quantitative estimate of drug-likeness (QED) is 0.340. The van der Waals surface area contributed by atoms with Crippen molar-refractivity contribution in [2.24, 2.45) is 5.92 Å². The van der Waals surface area contributed by atoms with E-state index in [4.69, 9.17) is 18.6 Å². The Morgan fingerprint density at radius 3 is 2.32 bits per heavy atom. The molecule has 0 unspecified atom stereocenters. The molecule has 0 fully saturated rings. The third kappa shape index (κ3) is 7.29. The number of furan rings is 1. The number of amides is 2. The zero-order chi connectivity index (χ0) is 26.8. The van der Waals surface area contributed by atoms with Gasteiger partial charge in [0.25, 0.3) is 5.91 Å². The molecule has 2 amide bonds. The summed E-state index contributed by atoms with van der Waals surface area (Å²) in [6.45, 7) is 7.23. The van der Waals surface area contributed by atoms with Crippen LogP contribution in [0.2, 0.25) is 0 Å². The predicted octanol–water partition coefficient (Wildman–Crippen LogP) is 5.24. The average Bonchev–Trinajstić information content (AvgIpc) is 3.41. The number of methoxy groups -OCH3 is 2. The molecule has 0 saturated carbocycles. The summed E-state index contributed by atoms with van der Waals surface area (Å²) >= 11 is 0. The van der Waals surface area contributed by atoms with Crippen LogP contribution < -0.4 is 19.5 Å². The van der Waals surface area contributed by atoms with Crippen LogP contribution in [0.25, 0.3) is 0 Å². The van der Waals surface area contributed by atoms with Gasteiger partial charge in [-0.2, -0.15) is 0 Å². The Hall–Kier alpha value is -3.94. The minimum Gasteiger partial charge on any atom is -0.494 e. The van der Waals surface area contributed by atoms with Gasteiger partial charge in [0.15, 0.2) is 11.5 Å². The molecular weight excluding hydrogens is 472 g/mol. The van der Waals surface area contributed by atoms with Crippen LogP contribution in [0.1, 0.15) is 54.9 Å². The molecule has 0 bridgehead atoms. The number of carbonyl (C=O) groups is 2. The summed E-state index contributed by atoms with van der Waals surface area (Å²) in [5.41, 5.74) is 1.01. The Morgan fingerprint density at radius 1 is 1.00 bits per heavy atom. The van der Waals surface area contributed by atoms with Gasteiger partial charge in [-0.15, -0.1) is 0 Å². The van der Waals surface area contributed by atoms with E-state index in [1.165, 1.54) is 19.1 Å². The number of nitrogens with zero attached hydrogens (tertiary/aromatic N) is 1. The highest BCUT2D eigenvalue weighted by Gasteiger charge is 2.33. The fraction of sp³-hybridized carbons (Fsp3) is 0.379. The number of ether oxygens (including phenoxy) is 3. The first-order chi connectivity index (χ1) is 17.9. The maximum atomic E-state index is 14.0. The van der Waals surface area contributed by atoms with Gasteiger partial charge in [0, 0.05) is 12.1 Å². The maximum absolute atomic E-state index is 14.0. The molecule has 37 heavy (non-hydrogen) atoms. The number of rotatable bonds is 13. The molecule has 0 spiro atoms. The van der Waals surface area contributed by atoms with Gasteiger partial charge in [0.2, 0.25) is 5.91 Å². The Morgan fingerprint density at radius 2 is 1.73 bits per heavy atom. The first kappa shape index (κ1) is 27.6. The van der Waals surface area contributed by atoms with Crippen molar-refractivity contribution in [3.8, 4) is 17.2 Å². The number of benzene rings is 2. The lowest BCUT2D eigenvalue weighted by Crippen LogP contribution is -2.43. The van der Waals surface area contributed by atoms with Gasteiger partial charge in [-0.05, 0) is 67.3 Å². The Balaban J connectivity index is 2.05. The first-order valence-corrected chi connectivity index (χ1v) is 12.4. The van der Waals surface area contributed by atoms with E-state index in [-0.39, 0.29) is 18.4 Å². The molecule has 0 aliphatic rings. The second kappa shape index (κ2) is 13.4. The smallest absolute Gasteiger partial charge is 0.255 e. The second-order valence-corrected chi connectivity index (χ2v) is 8.96. The zero-order valence-corrected chi connectivity index (χ0v) is 22.2. The molecule has 0 aliphatic heterocycles. The predicted molar refractivity (Wildman–Crippen MR) is 141 cm³/mol. The van der Waals surface area contributed by atoms with Crippen LogP contribution in [0.15, 0.2) is 65.3 Å². The van der Waals surface area contributed by atoms with Crippen molar-refractivity contribution in [1.82, 2.24) is 10.2 Å². The van der Waals surface area contributed by atoms with E-state index in [1.54, 1.807) is 48.7 Å². The van der Waals surface area contributed by atoms with Crippen molar-refractivity contribution in [1.29, 1.82) is 0 Å². The van der Waals surface area contributed by atoms with Crippen LogP contribution in [0, 0.1) is 5.92 Å². The number of carbonyl (C=O) groups excluding carboxylic acids is 2. The summed E-state index contributed by atoms with van der Waals surface area (Å²) in [7, 11) is 3.05. The summed E-state index contributed by atoms with van der Waals surface area (Å²) < 4.78 is 21.9. The zero-order valence-electron chi connectivity index (χ0n) is 22.2. The van der Waals surface area contributed by atoms with Crippen molar-refractivity contribution < 1.29 is 28.2 Å². The molecular formula is C29H36N2O6. The van der Waals surface area contributed by atoms with E-state index >= 15 is 0 Å². The standard InChI is InChI=1S/C29H36N2O6/c1-6-36-23-12-9-21(10-13-23)27(28(32)30-16-15-20(2)3)31(19-24-8-7-17-37-24)29(33)22-11-14-25(34-4)26(18-22)35-5/h7-14,17-18,20,27H,6,15-16,19H2,1-5H3,(H,30,32)/t27-/m1/s1. The fourth-order valence-corrected chi connectivity index (χ4v) is 3.95. The van der Waals surface area contributed by atoms with E-state index in [0.29, 0.717) is 53.2 Å². The highest BCUT2D eigenvalue weighted by atomic mass is 16.5. The molecule has 3 rings (SSSR count). The van der Waals surface area contributed by atoms with E-state index in [0.717, 1.165) is 6.42 Å². The van der Waals surface area contributed by atoms with Crippen LogP contribution in [-0.4, -0.2) is 44.1 Å². The molecule has 198 valence electrons. The van der Waals surface area contributed by atoms with Gasteiger partial charge in [0.05, 0.1) is 33.6 Å². The minimum absolute atomic E-state index is 0.0929. The highest BCUT2D eigenvalue weighted by Crippen LogP contribution is 2.31. The third-order valence-corrected chi connectivity index (χ3v) is 5.89. The number of hydrogen-bond donors (Lipinski definition) is 1. The first-order valence-electron chi connectivity index (χ1n) is 12.4. The molecule has 0 radical (unpaired) electrons. The summed E-state index contributed by atoms with van der Waals surface area (Å²) in [6, 6.07) is 14.8. The van der Waals surface area contributed by atoms with E-state index < -0.39 is 6.04 Å². The SMILES string of the molecule is CCOc1ccc([C@H](C(=O)NCCC(C)C)N(Cc2ccco2)C(=O)c2ccc(OC)c(OC)c2)cc1. The lowest BCUT2D eigenvalue weighted by molar-refractivity contribution is -0.126. The van der Waals surface area contributed by atoms with Crippen LogP contribution >= 0.6 is 0 Å². The van der Waals surface area contributed by atoms with Gasteiger partial charge in [-0.1, -0.05) is 26.0 Å². The third-order valence-electron chi connectivity index (χ3n) is 5.89. The molecule has 8 nitrogen and oxygen atoms in total. The van der Waals surface area contributed by atoms with Crippen molar-refractivity contribution in [2.75, 3.05) is 27.4 Å². The van der Waals surface area contributed by atoms with Crippen LogP contribution in [-0.2, 0) is 11.3 Å². The van der Waals surface area contributed by atoms with Crippen molar-refractivity contribution in [3.63, 3.8) is 0 Å². The maximum Gasteiger partial charge on any atom is 0.255 e. The lowest BCUT2D eigenvalue weighted by atomic mass is 10.0. The van der Waals surface area contributed by atoms with Gasteiger partial charge in [-0.3, -0.25) is 9.59 Å². The van der Waals surface area contributed by atoms with Crippen LogP contribution in [0.5, 0.6) is 17.2 Å². The van der Waals surface area contributed by atoms with Crippen molar-refractivity contribution in [3.05, 3.63) is 77.7 Å². The van der Waals surface area contributed by atoms with Crippen LogP contribution in [0.3, 0.4) is 0 Å². The average molecular weight is 509 g/mol. The Labute approximate surface area is 218 Å². The van der Waals surface area contributed by atoms with Gasteiger partial charge in [-0.25, -0.2) is 0 Å². The lowest BCUT2D eigenvalue weighted by Gasteiger charge is -2.31. The van der Waals surface area contributed by atoms with Crippen LogP contribution in [0.4, 0.5) is 0 Å². The van der Waals surface area contributed by atoms with E-state index in [9.17, 15) is 9.59 Å². The molecule has 1 aromatic heterocycles. The summed E-state index contributed by atoms with van der Waals surface area (Å²) in [5.74, 6) is 1.97. The van der Waals surface area contributed by atoms with Crippen molar-refractivity contribution in [2.45, 2.75) is 39.8 Å². The molecule has 3 aromatic rings. The van der Waals surface area contributed by atoms with E-state index in [2.05, 4.69) is 19.2 Å². The monoisotopic (exact) mass is 508 g/mol. The Bertz CT molecular complexity index is 1140. The number of nitrogens with one attached hydrogen (secondary N) is 1. The molecule has 1 heterocycles. The largest absolute Gasteiger partial charge is 0.494 e. The summed E-state index contributed by atoms with van der Waals surface area (Å²) in [4.78, 5) is 29.2. The Kier molecular flexibility index (Phi) is 10.0. The van der Waals surface area contributed by atoms with E-state index in [1.807, 2.05) is 19.1 Å². The van der Waals surface area contributed by atoms with Gasteiger partial charge in [0.1, 0.15) is 17.6 Å². The summed E-state index contributed by atoms with van der Waals surface area (Å²) in [5, 5.41) is 3.02. The summed E-state index contributed by atoms with van der Waals surface area (Å²) in [6.07, 6.45) is 2.37. The molecule has 8 heteroatoms. The number of hydrogen-bond acceptors (Lipinski definition) is 6. The molecule has 0 aliphatic carbocycles. The van der Waals surface area contributed by atoms with Crippen molar-refractivity contribution >= 4 is 11.8 Å². The normalized spacial score (nSPS) is 11.6. The molecule has 0 saturated heterocycles. The van der Waals surface area contributed by atoms with Gasteiger partial charge >= 0.3 is 0 Å².